The van der Waals surface area contributed by atoms with Gasteiger partial charge in [-0.25, -0.2) is 4.79 Å². The van der Waals surface area contributed by atoms with Crippen molar-refractivity contribution in [1.82, 2.24) is 9.97 Å². The molecule has 1 aliphatic heterocycles. The van der Waals surface area contributed by atoms with E-state index in [1.165, 1.54) is 5.56 Å². The summed E-state index contributed by atoms with van der Waals surface area (Å²) in [5.41, 5.74) is 2.71. The molecule has 1 aliphatic rings. The van der Waals surface area contributed by atoms with Crippen molar-refractivity contribution in [2.45, 2.75) is 25.2 Å². The molecule has 140 valence electrons. The highest BCUT2D eigenvalue weighted by molar-refractivity contribution is 6.32. The van der Waals surface area contributed by atoms with Crippen molar-refractivity contribution in [3.05, 3.63) is 92.1 Å². The number of nitrogens with zero attached hydrogens (tertiary/aromatic N) is 1. The fourth-order valence-electron chi connectivity index (χ4n) is 4.00. The molecule has 6 heteroatoms. The summed E-state index contributed by atoms with van der Waals surface area (Å²) in [5, 5.41) is 0. The molecule has 1 aromatic heterocycles. The molecule has 28 heavy (non-hydrogen) atoms. The highest BCUT2D eigenvalue weighted by atomic mass is 16.2. The zero-order valence-corrected chi connectivity index (χ0v) is 15.7. The van der Waals surface area contributed by atoms with Gasteiger partial charge in [0.2, 0.25) is 0 Å². The first-order valence-corrected chi connectivity index (χ1v) is 9.60. The van der Waals surface area contributed by atoms with Crippen LogP contribution < -0.4 is 21.6 Å². The minimum Gasteiger partial charge on any atom is -0.358 e. The third kappa shape index (κ3) is 3.96. The maximum absolute atomic E-state index is 12.5. The molecule has 1 saturated heterocycles. The average Bonchev–Trinajstić information content (AvgIpc) is 2.71. The number of aromatic nitrogens is 2. The van der Waals surface area contributed by atoms with Crippen molar-refractivity contribution < 1.29 is 0 Å². The molecule has 0 spiro atoms. The van der Waals surface area contributed by atoms with Crippen molar-refractivity contribution in [2.24, 2.45) is 0 Å². The maximum Gasteiger partial charge on any atom is 0.327 e. The van der Waals surface area contributed by atoms with Crippen LogP contribution in [-0.2, 0) is 6.42 Å². The fourth-order valence-corrected chi connectivity index (χ4v) is 4.00. The van der Waals surface area contributed by atoms with Crippen LogP contribution in [0.5, 0.6) is 0 Å². The van der Waals surface area contributed by atoms with Gasteiger partial charge < -0.3 is 4.90 Å². The molecule has 2 N–H and O–H groups in total. The van der Waals surface area contributed by atoms with Gasteiger partial charge >= 0.3 is 5.69 Å². The molecule has 0 atom stereocenters. The Kier molecular flexibility index (Phi) is 5.19. The van der Waals surface area contributed by atoms with Gasteiger partial charge in [0.25, 0.3) is 5.56 Å². The summed E-state index contributed by atoms with van der Waals surface area (Å²) in [4.78, 5) is 31.8. The van der Waals surface area contributed by atoms with Crippen LogP contribution in [0.2, 0.25) is 0 Å². The van der Waals surface area contributed by atoms with E-state index < -0.39 is 5.69 Å². The molecule has 0 amide bonds. The molecule has 2 radical (unpaired) electrons. The van der Waals surface area contributed by atoms with Crippen molar-refractivity contribution >= 4 is 19.1 Å². The molecule has 2 heterocycles. The largest absolute Gasteiger partial charge is 0.358 e. The van der Waals surface area contributed by atoms with E-state index in [4.69, 9.17) is 7.85 Å². The van der Waals surface area contributed by atoms with Gasteiger partial charge in [0.15, 0.2) is 0 Å². The van der Waals surface area contributed by atoms with Gasteiger partial charge in [0.1, 0.15) is 13.7 Å². The second-order valence-corrected chi connectivity index (χ2v) is 7.33. The molecule has 1 fully saturated rings. The molecular formula is C22H22BN3O2. The van der Waals surface area contributed by atoms with Crippen molar-refractivity contribution in [3.63, 3.8) is 0 Å². The minimum atomic E-state index is -0.471. The summed E-state index contributed by atoms with van der Waals surface area (Å²) < 4.78 is 0. The molecule has 2 aromatic carbocycles. The van der Waals surface area contributed by atoms with Gasteiger partial charge in [0.05, 0.1) is 5.56 Å². The Bertz CT molecular complexity index is 1070. The van der Waals surface area contributed by atoms with Crippen LogP contribution in [0.3, 0.4) is 0 Å². The van der Waals surface area contributed by atoms with Gasteiger partial charge in [0, 0.05) is 19.5 Å². The van der Waals surface area contributed by atoms with Gasteiger partial charge in [-0.15, -0.1) is 0 Å². The maximum atomic E-state index is 12.5. The van der Waals surface area contributed by atoms with Crippen molar-refractivity contribution in [3.8, 4) is 0 Å². The topological polar surface area (TPSA) is 69.0 Å². The van der Waals surface area contributed by atoms with E-state index in [-0.39, 0.29) is 5.56 Å². The lowest BCUT2D eigenvalue weighted by Crippen LogP contribution is -2.38. The quantitative estimate of drug-likeness (QED) is 0.688. The molecule has 0 aliphatic carbocycles. The van der Waals surface area contributed by atoms with Gasteiger partial charge in [-0.3, -0.25) is 14.8 Å². The molecular weight excluding hydrogens is 349 g/mol. The normalized spacial score (nSPS) is 14.9. The number of anilines is 1. The van der Waals surface area contributed by atoms with E-state index in [1.807, 2.05) is 30.3 Å². The third-order valence-electron chi connectivity index (χ3n) is 5.43. The number of aromatic amines is 2. The molecule has 3 aromatic rings. The van der Waals surface area contributed by atoms with E-state index in [0.29, 0.717) is 29.2 Å². The Morgan fingerprint density at radius 2 is 1.71 bits per heavy atom. The van der Waals surface area contributed by atoms with Crippen LogP contribution in [0.4, 0.5) is 5.82 Å². The van der Waals surface area contributed by atoms with Gasteiger partial charge in [-0.1, -0.05) is 60.1 Å². The minimum absolute atomic E-state index is 0.341. The molecule has 0 bridgehead atoms. The Hall–Kier alpha value is -3.02. The van der Waals surface area contributed by atoms with Crippen LogP contribution in [-0.4, -0.2) is 30.9 Å². The van der Waals surface area contributed by atoms with Gasteiger partial charge in [-0.05, 0) is 29.9 Å². The molecule has 0 unspecified atom stereocenters. The first kappa shape index (κ1) is 18.4. The lowest BCUT2D eigenvalue weighted by Gasteiger charge is -2.34. The van der Waals surface area contributed by atoms with E-state index in [0.717, 1.165) is 31.5 Å². The third-order valence-corrected chi connectivity index (χ3v) is 5.43. The van der Waals surface area contributed by atoms with Crippen molar-refractivity contribution in [2.75, 3.05) is 18.0 Å². The SMILES string of the molecule is [B]c1cccc(Cc2c(N3CCC(c4ccccc4)CC3)[nH]c(=O)[nH]c2=O)c1. The zero-order valence-electron chi connectivity index (χ0n) is 15.7. The molecule has 4 rings (SSSR count). The fraction of sp³-hybridized carbons (Fsp3) is 0.273. The summed E-state index contributed by atoms with van der Waals surface area (Å²) in [6, 6.07) is 18.0. The predicted molar refractivity (Wildman–Crippen MR) is 113 cm³/mol. The summed E-state index contributed by atoms with van der Waals surface area (Å²) >= 11 is 0. The summed E-state index contributed by atoms with van der Waals surface area (Å²) in [6.07, 6.45) is 2.39. The average molecular weight is 371 g/mol. The van der Waals surface area contributed by atoms with Crippen LogP contribution in [0.1, 0.15) is 35.4 Å². The Morgan fingerprint density at radius 3 is 2.43 bits per heavy atom. The van der Waals surface area contributed by atoms with Gasteiger partial charge in [-0.2, -0.15) is 0 Å². The van der Waals surface area contributed by atoms with Crippen LogP contribution >= 0.6 is 0 Å². The number of piperidine rings is 1. The van der Waals surface area contributed by atoms with Crippen LogP contribution in [0, 0.1) is 0 Å². The lowest BCUT2D eigenvalue weighted by atomic mass is 9.89. The monoisotopic (exact) mass is 371 g/mol. The number of benzene rings is 2. The Morgan fingerprint density at radius 1 is 0.964 bits per heavy atom. The van der Waals surface area contributed by atoms with Crippen LogP contribution in [0.15, 0.2) is 64.2 Å². The van der Waals surface area contributed by atoms with E-state index >= 15 is 0 Å². The number of nitrogens with one attached hydrogen (secondary N) is 2. The Labute approximate surface area is 164 Å². The zero-order chi connectivity index (χ0) is 19.5. The smallest absolute Gasteiger partial charge is 0.327 e. The Balaban J connectivity index is 1.59. The highest BCUT2D eigenvalue weighted by Gasteiger charge is 2.24. The standard InChI is InChI=1S/C22H22BN3O2/c23-18-8-4-5-15(13-18)14-19-20(24-22(28)25-21(19)27)26-11-9-17(10-12-26)16-6-2-1-3-7-16/h1-8,13,17H,9-12,14H2,(H2,24,25,27,28). The second-order valence-electron chi connectivity index (χ2n) is 7.33. The number of hydrogen-bond acceptors (Lipinski definition) is 3. The van der Waals surface area contributed by atoms with E-state index in [9.17, 15) is 9.59 Å². The number of hydrogen-bond donors (Lipinski definition) is 2. The molecule has 0 saturated carbocycles. The van der Waals surface area contributed by atoms with E-state index in [1.54, 1.807) is 0 Å². The van der Waals surface area contributed by atoms with Crippen molar-refractivity contribution in [1.29, 1.82) is 0 Å². The predicted octanol–water partition coefficient (Wildman–Crippen LogP) is 1.83. The van der Waals surface area contributed by atoms with E-state index in [2.05, 4.69) is 39.1 Å². The summed E-state index contributed by atoms with van der Waals surface area (Å²) in [5.74, 6) is 1.13. The first-order valence-electron chi connectivity index (χ1n) is 9.60. The lowest BCUT2D eigenvalue weighted by molar-refractivity contribution is 0.501. The summed E-state index contributed by atoms with van der Waals surface area (Å²) in [6.45, 7) is 1.59. The summed E-state index contributed by atoms with van der Waals surface area (Å²) in [7, 11) is 5.87. The first-order chi connectivity index (χ1) is 13.6. The number of H-pyrrole nitrogens is 2. The molecule has 5 nitrogen and oxygen atoms in total. The highest BCUT2D eigenvalue weighted by Crippen LogP contribution is 2.30. The second kappa shape index (κ2) is 7.93. The van der Waals surface area contributed by atoms with Crippen LogP contribution in [0.25, 0.3) is 0 Å². The number of rotatable bonds is 4.